The number of carbonyl (C=O) groups excluding carboxylic acids is 2. The Balaban J connectivity index is 0.00000312. The summed E-state index contributed by atoms with van der Waals surface area (Å²) < 4.78 is 5.04. The van der Waals surface area contributed by atoms with Crippen LogP contribution in [0, 0.1) is 0 Å². The molecule has 0 fully saturated rings. The molecule has 0 aliphatic heterocycles. The predicted octanol–water partition coefficient (Wildman–Crippen LogP) is 3.20. The Morgan fingerprint density at radius 3 is 2.64 bits per heavy atom. The number of carbonyl (C=O) groups is 2. The number of nitrogens with one attached hydrogen (secondary N) is 2. The van der Waals surface area contributed by atoms with Crippen LogP contribution in [0.2, 0.25) is 0 Å². The van der Waals surface area contributed by atoms with Crippen molar-refractivity contribution in [2.24, 2.45) is 5.73 Å². The van der Waals surface area contributed by atoms with E-state index < -0.39 is 0 Å². The van der Waals surface area contributed by atoms with Crippen molar-refractivity contribution >= 4 is 29.9 Å². The molecular weight excluding hydrogens is 342 g/mol. The molecule has 0 saturated carbocycles. The van der Waals surface area contributed by atoms with Crippen molar-refractivity contribution in [3.8, 4) is 0 Å². The van der Waals surface area contributed by atoms with Crippen LogP contribution in [0.3, 0.4) is 0 Å². The van der Waals surface area contributed by atoms with E-state index in [1.807, 2.05) is 0 Å². The monoisotopic (exact) mass is 365 g/mol. The van der Waals surface area contributed by atoms with Gasteiger partial charge in [0.2, 0.25) is 0 Å². The molecule has 0 bridgehead atoms. The van der Waals surface area contributed by atoms with Gasteiger partial charge in [0.25, 0.3) is 11.8 Å². The molecule has 6 nitrogen and oxygen atoms in total. The topological polar surface area (TPSA) is 97.4 Å². The first-order chi connectivity index (χ1) is 11.6. The molecule has 7 heteroatoms. The van der Waals surface area contributed by atoms with E-state index in [1.165, 1.54) is 6.26 Å². The average molecular weight is 366 g/mol. The van der Waals surface area contributed by atoms with E-state index in [-0.39, 0.29) is 36.0 Å². The van der Waals surface area contributed by atoms with Crippen LogP contribution >= 0.6 is 12.4 Å². The molecule has 1 unspecified atom stereocenters. The molecule has 0 radical (unpaired) electrons. The van der Waals surface area contributed by atoms with Gasteiger partial charge in [0, 0.05) is 23.8 Å². The number of unbranched alkanes of at least 4 members (excludes halogenated alkanes) is 1. The van der Waals surface area contributed by atoms with Crippen molar-refractivity contribution in [3.05, 3.63) is 54.0 Å². The summed E-state index contributed by atoms with van der Waals surface area (Å²) in [5.74, 6) is -0.344. The van der Waals surface area contributed by atoms with E-state index in [1.54, 1.807) is 36.4 Å². The lowest BCUT2D eigenvalue weighted by Gasteiger charge is -2.16. The minimum absolute atomic E-state index is 0. The Labute approximate surface area is 153 Å². The number of benzene rings is 1. The van der Waals surface area contributed by atoms with Gasteiger partial charge in [-0.1, -0.05) is 25.8 Å². The number of amides is 2. The third kappa shape index (κ3) is 6.25. The first kappa shape index (κ1) is 20.7. The maximum atomic E-state index is 12.3. The summed E-state index contributed by atoms with van der Waals surface area (Å²) in [5.41, 5.74) is 6.71. The van der Waals surface area contributed by atoms with Crippen LogP contribution in [0.1, 0.15) is 47.1 Å². The van der Waals surface area contributed by atoms with Gasteiger partial charge in [0.1, 0.15) is 0 Å². The molecule has 0 aliphatic carbocycles. The highest BCUT2D eigenvalue weighted by Gasteiger charge is 2.14. The highest BCUT2D eigenvalue weighted by molar-refractivity contribution is 6.03. The largest absolute Gasteiger partial charge is 0.459 e. The summed E-state index contributed by atoms with van der Waals surface area (Å²) in [4.78, 5) is 24.3. The Morgan fingerprint density at radius 2 is 2.00 bits per heavy atom. The highest BCUT2D eigenvalue weighted by Crippen LogP contribution is 2.13. The number of halogens is 1. The lowest BCUT2D eigenvalue weighted by Crippen LogP contribution is -2.40. The molecule has 136 valence electrons. The maximum absolute atomic E-state index is 12.3. The van der Waals surface area contributed by atoms with E-state index in [9.17, 15) is 9.59 Å². The van der Waals surface area contributed by atoms with Gasteiger partial charge in [0.15, 0.2) is 5.76 Å². The Kier molecular flexibility index (Phi) is 8.74. The molecule has 1 aromatic carbocycles. The average Bonchev–Trinajstić information content (AvgIpc) is 3.13. The summed E-state index contributed by atoms with van der Waals surface area (Å²) in [5, 5.41) is 5.63. The van der Waals surface area contributed by atoms with E-state index in [4.69, 9.17) is 10.2 Å². The molecule has 0 spiro atoms. The molecule has 25 heavy (non-hydrogen) atoms. The van der Waals surface area contributed by atoms with Gasteiger partial charge >= 0.3 is 0 Å². The molecule has 1 atom stereocenters. The molecule has 1 aromatic heterocycles. The molecule has 1 heterocycles. The summed E-state index contributed by atoms with van der Waals surface area (Å²) in [6.07, 6.45) is 4.36. The van der Waals surface area contributed by atoms with Gasteiger partial charge in [-0.2, -0.15) is 0 Å². The second kappa shape index (κ2) is 10.5. The minimum atomic E-state index is -0.361. The lowest BCUT2D eigenvalue weighted by atomic mass is 10.1. The molecule has 0 saturated heterocycles. The fourth-order valence-corrected chi connectivity index (χ4v) is 2.31. The quantitative estimate of drug-likeness (QED) is 0.669. The molecule has 4 N–H and O–H groups in total. The molecule has 2 rings (SSSR count). The number of rotatable bonds is 8. The smallest absolute Gasteiger partial charge is 0.291 e. The third-order valence-electron chi connectivity index (χ3n) is 3.65. The maximum Gasteiger partial charge on any atom is 0.291 e. The van der Waals surface area contributed by atoms with E-state index in [0.717, 1.165) is 19.3 Å². The van der Waals surface area contributed by atoms with Gasteiger partial charge < -0.3 is 20.8 Å². The van der Waals surface area contributed by atoms with Crippen LogP contribution in [-0.2, 0) is 0 Å². The summed E-state index contributed by atoms with van der Waals surface area (Å²) >= 11 is 0. The molecule has 0 aliphatic rings. The van der Waals surface area contributed by atoms with Gasteiger partial charge in [-0.05, 0) is 36.8 Å². The number of nitrogens with two attached hydrogens (primary N) is 1. The second-order valence-corrected chi connectivity index (χ2v) is 5.56. The number of anilines is 1. The third-order valence-corrected chi connectivity index (χ3v) is 3.65. The first-order valence-corrected chi connectivity index (χ1v) is 8.10. The zero-order chi connectivity index (χ0) is 17.4. The Morgan fingerprint density at radius 1 is 1.20 bits per heavy atom. The molecule has 2 amide bonds. The first-order valence-electron chi connectivity index (χ1n) is 8.10. The molecule has 2 aromatic rings. The molecular formula is C18H24ClN3O3. The van der Waals surface area contributed by atoms with Crippen LogP contribution in [-0.4, -0.2) is 24.4 Å². The van der Waals surface area contributed by atoms with Crippen molar-refractivity contribution in [2.45, 2.75) is 32.2 Å². The summed E-state index contributed by atoms with van der Waals surface area (Å²) in [7, 11) is 0. The number of hydrogen-bond donors (Lipinski definition) is 3. The van der Waals surface area contributed by atoms with Crippen molar-refractivity contribution in [1.29, 1.82) is 0 Å². The normalized spacial score (nSPS) is 11.3. The standard InChI is InChI=1S/C18H23N3O3.ClH/c1-2-3-7-15(12-19)21-17(22)13-6-4-8-14(11-13)20-18(23)16-9-5-10-24-16;/h4-6,8-11,15H,2-3,7,12,19H2,1H3,(H,20,23)(H,21,22);1H. The van der Waals surface area contributed by atoms with Crippen LogP contribution < -0.4 is 16.4 Å². The van der Waals surface area contributed by atoms with Gasteiger partial charge in [-0.25, -0.2) is 0 Å². The van der Waals surface area contributed by atoms with Crippen LogP contribution in [0.25, 0.3) is 0 Å². The van der Waals surface area contributed by atoms with Crippen molar-refractivity contribution in [3.63, 3.8) is 0 Å². The van der Waals surface area contributed by atoms with Crippen molar-refractivity contribution < 1.29 is 14.0 Å². The van der Waals surface area contributed by atoms with Crippen molar-refractivity contribution in [1.82, 2.24) is 5.32 Å². The van der Waals surface area contributed by atoms with Crippen LogP contribution in [0.5, 0.6) is 0 Å². The predicted molar refractivity (Wildman–Crippen MR) is 100 cm³/mol. The van der Waals surface area contributed by atoms with Gasteiger partial charge in [-0.15, -0.1) is 12.4 Å². The van der Waals surface area contributed by atoms with E-state index in [2.05, 4.69) is 17.6 Å². The van der Waals surface area contributed by atoms with Gasteiger partial charge in [-0.3, -0.25) is 9.59 Å². The SMILES string of the molecule is CCCCC(CN)NC(=O)c1cccc(NC(=O)c2ccco2)c1.Cl. The van der Waals surface area contributed by atoms with Crippen molar-refractivity contribution in [2.75, 3.05) is 11.9 Å². The van der Waals surface area contributed by atoms with Gasteiger partial charge in [0.05, 0.1) is 6.26 Å². The Bertz CT molecular complexity index is 674. The number of furan rings is 1. The fraction of sp³-hybridized carbons (Fsp3) is 0.333. The number of hydrogen-bond acceptors (Lipinski definition) is 4. The zero-order valence-corrected chi connectivity index (χ0v) is 15.0. The second-order valence-electron chi connectivity index (χ2n) is 5.56. The summed E-state index contributed by atoms with van der Waals surface area (Å²) in [6.45, 7) is 2.50. The minimum Gasteiger partial charge on any atom is -0.459 e. The summed E-state index contributed by atoms with van der Waals surface area (Å²) in [6, 6.07) is 9.94. The Hall–Kier alpha value is -2.31. The lowest BCUT2D eigenvalue weighted by molar-refractivity contribution is 0.0934. The fourth-order valence-electron chi connectivity index (χ4n) is 2.31. The van der Waals surface area contributed by atoms with Crippen LogP contribution in [0.4, 0.5) is 5.69 Å². The van der Waals surface area contributed by atoms with E-state index >= 15 is 0 Å². The zero-order valence-electron chi connectivity index (χ0n) is 14.2. The van der Waals surface area contributed by atoms with Crippen LogP contribution in [0.15, 0.2) is 47.1 Å². The highest BCUT2D eigenvalue weighted by atomic mass is 35.5. The van der Waals surface area contributed by atoms with E-state index in [0.29, 0.717) is 17.8 Å².